The molecule has 2 rings (SSSR count). The van der Waals surface area contributed by atoms with Crippen LogP contribution >= 0.6 is 0 Å². The minimum Gasteiger partial charge on any atom is -0.279 e. The van der Waals surface area contributed by atoms with Crippen LogP contribution in [0.2, 0.25) is 0 Å². The number of rotatable bonds is 4. The van der Waals surface area contributed by atoms with Crippen LogP contribution in [0, 0.1) is 5.92 Å². The first-order chi connectivity index (χ1) is 8.65. The van der Waals surface area contributed by atoms with Crippen LogP contribution in [0.5, 0.6) is 0 Å². The standard InChI is InChI=1S/C16H24N2/c1-12(2)11-14-6-8-15(9-7-14)13(3)18-16-5-4-10-17-16/h6-9,12-13H,4-5,10-11H2,1-3H3,(H,17,18)/p+1/t13-/m0/s1. The fraction of sp³-hybridized carbons (Fsp3) is 0.562. The van der Waals surface area contributed by atoms with Gasteiger partial charge in [-0.05, 0) is 36.8 Å². The SMILES string of the molecule is CC(C)Cc1ccc([C@H](C)NC2=[NH+]CCC2)cc1. The Morgan fingerprint density at radius 1 is 1.17 bits per heavy atom. The smallest absolute Gasteiger partial charge is 0.243 e. The van der Waals surface area contributed by atoms with Crippen LogP contribution in [0.1, 0.15) is 50.8 Å². The third kappa shape index (κ3) is 3.59. The molecule has 1 aromatic rings. The summed E-state index contributed by atoms with van der Waals surface area (Å²) in [4.78, 5) is 3.40. The highest BCUT2D eigenvalue weighted by atomic mass is 15.0. The van der Waals surface area contributed by atoms with E-state index in [4.69, 9.17) is 0 Å². The second kappa shape index (κ2) is 6.03. The van der Waals surface area contributed by atoms with Gasteiger partial charge >= 0.3 is 0 Å². The van der Waals surface area contributed by atoms with Crippen molar-refractivity contribution in [2.75, 3.05) is 6.54 Å². The molecule has 18 heavy (non-hydrogen) atoms. The van der Waals surface area contributed by atoms with Crippen LogP contribution in [0.15, 0.2) is 24.3 Å². The Morgan fingerprint density at radius 3 is 2.44 bits per heavy atom. The molecule has 2 N–H and O–H groups in total. The van der Waals surface area contributed by atoms with Gasteiger partial charge in [-0.2, -0.15) is 0 Å². The Morgan fingerprint density at radius 2 is 1.89 bits per heavy atom. The van der Waals surface area contributed by atoms with Gasteiger partial charge in [-0.1, -0.05) is 38.1 Å². The summed E-state index contributed by atoms with van der Waals surface area (Å²) in [7, 11) is 0. The molecule has 0 aliphatic carbocycles. The van der Waals surface area contributed by atoms with Gasteiger partial charge in [0.15, 0.2) is 0 Å². The first-order valence-electron chi connectivity index (χ1n) is 7.10. The molecule has 1 atom stereocenters. The quantitative estimate of drug-likeness (QED) is 0.831. The molecule has 98 valence electrons. The number of amidine groups is 1. The third-order valence-corrected chi connectivity index (χ3v) is 3.46. The van der Waals surface area contributed by atoms with Gasteiger partial charge in [0.2, 0.25) is 5.84 Å². The van der Waals surface area contributed by atoms with E-state index < -0.39 is 0 Å². The summed E-state index contributed by atoms with van der Waals surface area (Å²) in [6.07, 6.45) is 3.58. The number of nitrogens with one attached hydrogen (secondary N) is 2. The van der Waals surface area contributed by atoms with Crippen LogP contribution in [0.3, 0.4) is 0 Å². The van der Waals surface area contributed by atoms with E-state index in [2.05, 4.69) is 55.3 Å². The monoisotopic (exact) mass is 245 g/mol. The second-order valence-electron chi connectivity index (χ2n) is 5.71. The van der Waals surface area contributed by atoms with E-state index in [-0.39, 0.29) is 0 Å². The fourth-order valence-corrected chi connectivity index (χ4v) is 2.47. The molecular weight excluding hydrogens is 220 g/mol. The highest BCUT2D eigenvalue weighted by Crippen LogP contribution is 2.15. The lowest BCUT2D eigenvalue weighted by Crippen LogP contribution is -2.72. The van der Waals surface area contributed by atoms with E-state index in [0.717, 1.165) is 18.9 Å². The summed E-state index contributed by atoms with van der Waals surface area (Å²) in [5, 5.41) is 3.56. The van der Waals surface area contributed by atoms with E-state index in [9.17, 15) is 0 Å². The molecule has 2 nitrogen and oxygen atoms in total. The van der Waals surface area contributed by atoms with Gasteiger partial charge in [-0.3, -0.25) is 10.3 Å². The molecule has 0 spiro atoms. The predicted molar refractivity (Wildman–Crippen MR) is 76.6 cm³/mol. The molecule has 0 saturated heterocycles. The largest absolute Gasteiger partial charge is 0.279 e. The summed E-state index contributed by atoms with van der Waals surface area (Å²) in [6.45, 7) is 7.87. The topological polar surface area (TPSA) is 26.0 Å². The van der Waals surface area contributed by atoms with E-state index >= 15 is 0 Å². The molecule has 1 heterocycles. The molecule has 0 saturated carbocycles. The average Bonchev–Trinajstić information content (AvgIpc) is 2.82. The molecule has 0 fully saturated rings. The van der Waals surface area contributed by atoms with Gasteiger partial charge in [-0.15, -0.1) is 0 Å². The van der Waals surface area contributed by atoms with Crippen molar-refractivity contribution in [1.29, 1.82) is 0 Å². The van der Waals surface area contributed by atoms with Crippen molar-refractivity contribution in [3.63, 3.8) is 0 Å². The lowest BCUT2D eigenvalue weighted by molar-refractivity contribution is -0.449. The molecule has 0 radical (unpaired) electrons. The molecule has 1 aliphatic rings. The predicted octanol–water partition coefficient (Wildman–Crippen LogP) is 1.81. The van der Waals surface area contributed by atoms with E-state index in [1.54, 1.807) is 0 Å². The molecule has 1 aromatic carbocycles. The van der Waals surface area contributed by atoms with Crippen molar-refractivity contribution >= 4 is 5.84 Å². The summed E-state index contributed by atoms with van der Waals surface area (Å²) < 4.78 is 0. The van der Waals surface area contributed by atoms with Gasteiger partial charge in [0, 0.05) is 0 Å². The maximum Gasteiger partial charge on any atom is 0.243 e. The Balaban J connectivity index is 1.95. The summed E-state index contributed by atoms with van der Waals surface area (Å²) in [5.41, 5.74) is 2.80. The normalized spacial score (nSPS) is 16.8. The first kappa shape index (κ1) is 13.1. The van der Waals surface area contributed by atoms with Gasteiger partial charge in [0.05, 0.1) is 13.0 Å². The van der Waals surface area contributed by atoms with E-state index in [1.807, 2.05) is 0 Å². The van der Waals surface area contributed by atoms with Gasteiger partial charge < -0.3 is 0 Å². The Labute approximate surface area is 111 Å². The minimum absolute atomic E-state index is 0.388. The third-order valence-electron chi connectivity index (χ3n) is 3.46. The number of hydrogen-bond acceptors (Lipinski definition) is 1. The number of benzene rings is 1. The van der Waals surface area contributed by atoms with Crippen molar-refractivity contribution < 1.29 is 4.99 Å². The van der Waals surface area contributed by atoms with E-state index in [1.165, 1.54) is 29.8 Å². The Bertz CT molecular complexity index is 404. The zero-order valence-electron chi connectivity index (χ0n) is 11.8. The van der Waals surface area contributed by atoms with Crippen LogP contribution < -0.4 is 10.3 Å². The first-order valence-corrected chi connectivity index (χ1v) is 7.10. The van der Waals surface area contributed by atoms with Crippen LogP contribution in [0.25, 0.3) is 0 Å². The van der Waals surface area contributed by atoms with Crippen molar-refractivity contribution in [3.05, 3.63) is 35.4 Å². The zero-order valence-corrected chi connectivity index (χ0v) is 11.8. The minimum atomic E-state index is 0.388. The Kier molecular flexibility index (Phi) is 4.40. The lowest BCUT2D eigenvalue weighted by atomic mass is 10.00. The van der Waals surface area contributed by atoms with Gasteiger partial charge in [0.25, 0.3) is 0 Å². The molecule has 0 bridgehead atoms. The summed E-state index contributed by atoms with van der Waals surface area (Å²) >= 11 is 0. The summed E-state index contributed by atoms with van der Waals surface area (Å²) in [5.74, 6) is 2.03. The molecule has 0 aromatic heterocycles. The van der Waals surface area contributed by atoms with E-state index in [0.29, 0.717) is 6.04 Å². The Hall–Kier alpha value is -1.31. The average molecular weight is 245 g/mol. The van der Waals surface area contributed by atoms with Crippen molar-refractivity contribution in [2.45, 2.75) is 46.1 Å². The van der Waals surface area contributed by atoms with Crippen molar-refractivity contribution in [1.82, 2.24) is 5.32 Å². The fourth-order valence-electron chi connectivity index (χ4n) is 2.47. The van der Waals surface area contributed by atoms with Gasteiger partial charge in [-0.25, -0.2) is 0 Å². The van der Waals surface area contributed by atoms with Crippen LogP contribution in [-0.4, -0.2) is 12.4 Å². The second-order valence-corrected chi connectivity index (χ2v) is 5.71. The highest BCUT2D eigenvalue weighted by Gasteiger charge is 2.17. The van der Waals surface area contributed by atoms with Crippen molar-refractivity contribution in [3.8, 4) is 0 Å². The summed E-state index contributed by atoms with van der Waals surface area (Å²) in [6, 6.07) is 9.43. The molecule has 2 heteroatoms. The van der Waals surface area contributed by atoms with Crippen molar-refractivity contribution in [2.24, 2.45) is 5.92 Å². The number of hydrogen-bond donors (Lipinski definition) is 2. The molecular formula is C16H25N2+. The molecule has 0 unspecified atom stereocenters. The lowest BCUT2D eigenvalue weighted by Gasteiger charge is -2.11. The van der Waals surface area contributed by atoms with Gasteiger partial charge in [0.1, 0.15) is 6.04 Å². The van der Waals surface area contributed by atoms with Crippen LogP contribution in [0.4, 0.5) is 0 Å². The maximum absolute atomic E-state index is 3.56. The highest BCUT2D eigenvalue weighted by molar-refractivity contribution is 5.77. The van der Waals surface area contributed by atoms with Crippen LogP contribution in [-0.2, 0) is 6.42 Å². The maximum atomic E-state index is 3.56. The molecule has 1 aliphatic heterocycles. The zero-order chi connectivity index (χ0) is 13.0. The molecule has 0 amide bonds.